The van der Waals surface area contributed by atoms with Crippen molar-refractivity contribution in [3.63, 3.8) is 0 Å². The molecule has 0 amide bonds. The van der Waals surface area contributed by atoms with E-state index < -0.39 is 0 Å². The van der Waals surface area contributed by atoms with Gasteiger partial charge >= 0.3 is 5.97 Å². The molecule has 1 aromatic rings. The lowest BCUT2D eigenvalue weighted by molar-refractivity contribution is -0.146. The molecule has 20 heavy (non-hydrogen) atoms. The Kier molecular flexibility index (Phi) is 4.26. The third-order valence-electron chi connectivity index (χ3n) is 4.06. The van der Waals surface area contributed by atoms with Crippen molar-refractivity contribution >= 4 is 5.97 Å². The molecule has 2 unspecified atom stereocenters. The molecular formula is C17H23NO2. The van der Waals surface area contributed by atoms with Crippen molar-refractivity contribution in [3.8, 4) is 0 Å². The molecule has 0 radical (unpaired) electrons. The van der Waals surface area contributed by atoms with Gasteiger partial charge in [-0.3, -0.25) is 9.78 Å². The van der Waals surface area contributed by atoms with Crippen molar-refractivity contribution in [1.82, 2.24) is 4.98 Å². The summed E-state index contributed by atoms with van der Waals surface area (Å²) < 4.78 is 5.43. The molecule has 1 heterocycles. The first kappa shape index (κ1) is 14.8. The van der Waals surface area contributed by atoms with Gasteiger partial charge in [0.1, 0.15) is 0 Å². The highest BCUT2D eigenvalue weighted by Crippen LogP contribution is 2.59. The van der Waals surface area contributed by atoms with Crippen molar-refractivity contribution in [2.75, 3.05) is 6.61 Å². The van der Waals surface area contributed by atoms with Crippen LogP contribution in [-0.4, -0.2) is 17.6 Å². The van der Waals surface area contributed by atoms with Gasteiger partial charge in [0.25, 0.3) is 0 Å². The van der Waals surface area contributed by atoms with Crippen LogP contribution in [0.3, 0.4) is 0 Å². The zero-order chi connectivity index (χ0) is 14.8. The molecule has 3 nitrogen and oxygen atoms in total. The molecule has 0 aromatic carbocycles. The number of allylic oxidation sites excluding steroid dienone is 2. The van der Waals surface area contributed by atoms with Crippen LogP contribution in [0.25, 0.3) is 0 Å². The van der Waals surface area contributed by atoms with Gasteiger partial charge in [0, 0.05) is 18.8 Å². The van der Waals surface area contributed by atoms with E-state index >= 15 is 0 Å². The van der Waals surface area contributed by atoms with Crippen molar-refractivity contribution < 1.29 is 9.53 Å². The molecule has 108 valence electrons. The Hall–Kier alpha value is -1.64. The molecule has 0 saturated heterocycles. The quantitative estimate of drug-likeness (QED) is 0.609. The fourth-order valence-corrected chi connectivity index (χ4v) is 2.71. The average molecular weight is 273 g/mol. The van der Waals surface area contributed by atoms with E-state index in [2.05, 4.69) is 38.8 Å². The van der Waals surface area contributed by atoms with E-state index in [1.807, 2.05) is 12.1 Å². The van der Waals surface area contributed by atoms with Crippen LogP contribution in [0, 0.1) is 17.3 Å². The van der Waals surface area contributed by atoms with Gasteiger partial charge in [0.15, 0.2) is 0 Å². The Bertz CT molecular complexity index is 501. The highest BCUT2D eigenvalue weighted by molar-refractivity contribution is 5.78. The lowest BCUT2D eigenvalue weighted by Gasteiger charge is -2.05. The minimum atomic E-state index is -0.0634. The molecule has 2 atom stereocenters. The summed E-state index contributed by atoms with van der Waals surface area (Å²) in [6, 6.07) is 3.89. The Labute approximate surface area is 121 Å². The lowest BCUT2D eigenvalue weighted by atomic mass is 10.1. The third kappa shape index (κ3) is 3.27. The van der Waals surface area contributed by atoms with E-state index in [1.165, 1.54) is 5.57 Å². The van der Waals surface area contributed by atoms with Gasteiger partial charge in [0.2, 0.25) is 0 Å². The van der Waals surface area contributed by atoms with Crippen LogP contribution in [0.2, 0.25) is 0 Å². The first-order valence-corrected chi connectivity index (χ1v) is 7.13. The van der Waals surface area contributed by atoms with E-state index in [0.29, 0.717) is 12.5 Å². The number of carbonyl (C=O) groups is 1. The van der Waals surface area contributed by atoms with Gasteiger partial charge < -0.3 is 4.74 Å². The monoisotopic (exact) mass is 273 g/mol. The van der Waals surface area contributed by atoms with Crippen LogP contribution in [0.4, 0.5) is 0 Å². The summed E-state index contributed by atoms with van der Waals surface area (Å²) in [5, 5.41) is 0. The zero-order valence-electron chi connectivity index (χ0n) is 12.7. The molecule has 0 N–H and O–H groups in total. The van der Waals surface area contributed by atoms with E-state index in [4.69, 9.17) is 4.74 Å². The highest BCUT2D eigenvalue weighted by Gasteiger charge is 2.61. The molecule has 0 bridgehead atoms. The maximum absolute atomic E-state index is 12.1. The van der Waals surface area contributed by atoms with E-state index in [9.17, 15) is 4.79 Å². The minimum Gasteiger partial charge on any atom is -0.465 e. The van der Waals surface area contributed by atoms with Gasteiger partial charge in [0.05, 0.1) is 12.5 Å². The largest absolute Gasteiger partial charge is 0.465 e. The molecule has 0 aliphatic heterocycles. The maximum Gasteiger partial charge on any atom is 0.310 e. The zero-order valence-corrected chi connectivity index (χ0v) is 12.7. The maximum atomic E-state index is 12.1. The topological polar surface area (TPSA) is 39.2 Å². The van der Waals surface area contributed by atoms with Gasteiger partial charge in [-0.25, -0.2) is 0 Å². The molecule has 1 saturated carbocycles. The van der Waals surface area contributed by atoms with Crippen LogP contribution in [0.15, 0.2) is 36.2 Å². The fourth-order valence-electron chi connectivity index (χ4n) is 2.71. The predicted octanol–water partition coefficient (Wildman–Crippen LogP) is 3.41. The minimum absolute atomic E-state index is 0.00911. The summed E-state index contributed by atoms with van der Waals surface area (Å²) in [4.78, 5) is 16.1. The molecular weight excluding hydrogens is 250 g/mol. The van der Waals surface area contributed by atoms with Crippen LogP contribution in [0.5, 0.6) is 0 Å². The number of esters is 1. The predicted molar refractivity (Wildman–Crippen MR) is 79.1 cm³/mol. The number of aromatic nitrogens is 1. The number of rotatable bonds is 5. The summed E-state index contributed by atoms with van der Waals surface area (Å²) in [6.45, 7) is 8.84. The van der Waals surface area contributed by atoms with E-state index in [-0.39, 0.29) is 17.3 Å². The molecule has 1 aliphatic carbocycles. The molecule has 0 spiro atoms. The average Bonchev–Trinajstić information content (AvgIpc) is 2.91. The fraction of sp³-hybridized carbons (Fsp3) is 0.529. The highest BCUT2D eigenvalue weighted by atomic mass is 16.5. The molecule has 1 fully saturated rings. The standard InChI is InChI=1S/C17H23NO2/c1-12(2)11-14-15(17(14,3)4)16(19)20-10-7-13-5-8-18-9-6-13/h5-6,8-9,11,14-15H,7,10H2,1-4H3. The van der Waals surface area contributed by atoms with E-state index in [1.54, 1.807) is 12.4 Å². The first-order valence-electron chi connectivity index (χ1n) is 7.13. The molecule has 1 aliphatic rings. The Morgan fingerprint density at radius 1 is 1.35 bits per heavy atom. The number of ether oxygens (including phenoxy) is 1. The normalized spacial score (nSPS) is 23.0. The van der Waals surface area contributed by atoms with Crippen LogP contribution in [0.1, 0.15) is 33.3 Å². The second-order valence-corrected chi connectivity index (χ2v) is 6.34. The molecule has 2 rings (SSSR count). The number of hydrogen-bond acceptors (Lipinski definition) is 3. The SMILES string of the molecule is CC(C)=CC1C(C(=O)OCCc2ccncc2)C1(C)C. The van der Waals surface area contributed by atoms with Crippen LogP contribution >= 0.6 is 0 Å². The van der Waals surface area contributed by atoms with E-state index in [0.717, 1.165) is 12.0 Å². The Balaban J connectivity index is 1.83. The van der Waals surface area contributed by atoms with Crippen molar-refractivity contribution in [1.29, 1.82) is 0 Å². The summed E-state index contributed by atoms with van der Waals surface area (Å²) >= 11 is 0. The number of hydrogen-bond donors (Lipinski definition) is 0. The number of carbonyl (C=O) groups excluding carboxylic acids is 1. The van der Waals surface area contributed by atoms with Crippen molar-refractivity contribution in [2.45, 2.75) is 34.1 Å². The number of nitrogens with zero attached hydrogens (tertiary/aromatic N) is 1. The second-order valence-electron chi connectivity index (χ2n) is 6.34. The summed E-state index contributed by atoms with van der Waals surface area (Å²) in [5.41, 5.74) is 2.43. The first-order chi connectivity index (χ1) is 9.43. The van der Waals surface area contributed by atoms with Gasteiger partial charge in [-0.1, -0.05) is 25.5 Å². The van der Waals surface area contributed by atoms with Gasteiger partial charge in [-0.15, -0.1) is 0 Å². The molecule has 1 aromatic heterocycles. The smallest absolute Gasteiger partial charge is 0.310 e. The summed E-state index contributed by atoms with van der Waals surface area (Å²) in [7, 11) is 0. The van der Waals surface area contributed by atoms with Gasteiger partial charge in [-0.2, -0.15) is 0 Å². The summed E-state index contributed by atoms with van der Waals surface area (Å²) in [6.07, 6.45) is 6.45. The second kappa shape index (κ2) is 5.78. The van der Waals surface area contributed by atoms with Crippen molar-refractivity contribution in [3.05, 3.63) is 41.7 Å². The van der Waals surface area contributed by atoms with Crippen LogP contribution < -0.4 is 0 Å². The van der Waals surface area contributed by atoms with Crippen molar-refractivity contribution in [2.24, 2.45) is 17.3 Å². The van der Waals surface area contributed by atoms with Crippen LogP contribution in [-0.2, 0) is 16.0 Å². The van der Waals surface area contributed by atoms with Gasteiger partial charge in [-0.05, 0) is 42.9 Å². The Morgan fingerprint density at radius 3 is 2.60 bits per heavy atom. The Morgan fingerprint density at radius 2 is 2.00 bits per heavy atom. The third-order valence-corrected chi connectivity index (χ3v) is 4.06. The summed E-state index contributed by atoms with van der Waals surface area (Å²) in [5.74, 6) is 0.266. The molecule has 3 heteroatoms. The lowest BCUT2D eigenvalue weighted by Crippen LogP contribution is -2.12. The number of pyridine rings is 1.